The highest BCUT2D eigenvalue weighted by Gasteiger charge is 2.81. The van der Waals surface area contributed by atoms with Crippen LogP contribution >= 0.6 is 0 Å². The number of Topliss-reactive ketones (excluding diaryl/α,β-unsaturated/α-hetero) is 1. The number of nitrogens with two attached hydrogens (primary N) is 1. The number of hydrazone groups is 1. The highest BCUT2D eigenvalue weighted by atomic mass is 16.7. The van der Waals surface area contributed by atoms with Gasteiger partial charge in [0.25, 0.3) is 5.91 Å². The zero-order valence-corrected chi connectivity index (χ0v) is 61.1. The number of nitrogens with zero attached hydrogens (tertiary/aromatic N) is 1. The number of phenolic OH excluding ortho intramolecular Hbond substituents is 2. The minimum Gasteiger partial charge on any atom is -0.507 e. The van der Waals surface area contributed by atoms with Crippen LogP contribution in [0.4, 0.5) is 0 Å². The third kappa shape index (κ3) is 13.5. The Labute approximate surface area is 624 Å². The molecule has 17 atom stereocenters. The molecular formula is C79H86N4O26. The molecule has 578 valence electrons. The van der Waals surface area contributed by atoms with Crippen LogP contribution in [-0.4, -0.2) is 198 Å². The summed E-state index contributed by atoms with van der Waals surface area (Å²) in [6.07, 6.45) is -19.2. The molecule has 0 aromatic heterocycles. The zero-order valence-electron chi connectivity index (χ0n) is 61.1. The molecule has 2 bridgehead atoms. The third-order valence-corrected chi connectivity index (χ3v) is 23.0. The number of nitrogens with one attached hydrogen (secondary N) is 2. The van der Waals surface area contributed by atoms with Crippen molar-refractivity contribution < 1.29 is 126 Å². The molecule has 5 aliphatic carbocycles. The van der Waals surface area contributed by atoms with Crippen LogP contribution in [0.1, 0.15) is 175 Å². The van der Waals surface area contributed by atoms with Crippen molar-refractivity contribution in [3.63, 3.8) is 0 Å². The monoisotopic (exact) mass is 1510 g/mol. The van der Waals surface area contributed by atoms with Crippen LogP contribution in [0.2, 0.25) is 0 Å². The van der Waals surface area contributed by atoms with E-state index < -0.39 is 239 Å². The first-order valence-corrected chi connectivity index (χ1v) is 35.5. The number of fused-ring (bicyclic) bond motifs is 8. The molecule has 0 spiro atoms. The Morgan fingerprint density at radius 3 is 2.00 bits per heavy atom. The molecule has 30 heteroatoms. The fourth-order valence-corrected chi connectivity index (χ4v) is 17.1. The Bertz CT molecular complexity index is 4580. The number of aliphatic hydroxyl groups is 5. The average molecular weight is 1510 g/mol. The number of methoxy groups -OCH3 is 1. The first-order valence-electron chi connectivity index (χ1n) is 35.5. The largest absolute Gasteiger partial charge is 0.507 e. The van der Waals surface area contributed by atoms with Gasteiger partial charge >= 0.3 is 29.8 Å². The number of amides is 2. The highest BCUT2D eigenvalue weighted by Crippen LogP contribution is 2.67. The second kappa shape index (κ2) is 29.7. The Balaban J connectivity index is 0.883. The molecule has 2 amide bonds. The van der Waals surface area contributed by atoms with Crippen LogP contribution in [0, 0.1) is 16.7 Å². The van der Waals surface area contributed by atoms with Crippen molar-refractivity contribution in [3.05, 3.63) is 170 Å². The Morgan fingerprint density at radius 2 is 1.39 bits per heavy atom. The quantitative estimate of drug-likeness (QED) is 0.0127. The van der Waals surface area contributed by atoms with Gasteiger partial charge in [-0.15, -0.1) is 0 Å². The molecular weight excluding hydrogens is 1420 g/mol. The molecule has 5 aromatic carbocycles. The van der Waals surface area contributed by atoms with Gasteiger partial charge in [-0.2, -0.15) is 5.10 Å². The average Bonchev–Trinajstić information content (AvgIpc) is 0.662. The molecule has 109 heavy (non-hydrogen) atoms. The number of aromatic hydroxyl groups is 2. The number of aliphatic hydroxyl groups excluding tert-OH is 3. The molecule has 7 aliphatic rings. The van der Waals surface area contributed by atoms with E-state index in [1.807, 2.05) is 0 Å². The summed E-state index contributed by atoms with van der Waals surface area (Å²) in [5.41, 5.74) is -7.27. The van der Waals surface area contributed by atoms with Crippen molar-refractivity contribution >= 4 is 64.7 Å². The number of hydrogen-bond acceptors (Lipinski definition) is 28. The van der Waals surface area contributed by atoms with Crippen molar-refractivity contribution in [1.82, 2.24) is 10.7 Å². The van der Waals surface area contributed by atoms with E-state index in [4.69, 9.17) is 48.4 Å². The lowest BCUT2D eigenvalue weighted by molar-refractivity contribution is -0.383. The zero-order chi connectivity index (χ0) is 78.9. The number of carbonyl (C=O) groups excluding carboxylic acids is 10. The number of esters is 5. The van der Waals surface area contributed by atoms with Gasteiger partial charge in [0.2, 0.25) is 17.8 Å². The van der Waals surface area contributed by atoms with Gasteiger partial charge < -0.3 is 89.4 Å². The summed E-state index contributed by atoms with van der Waals surface area (Å²) in [6.45, 7) is 9.27. The SMILES string of the molecule is COc1cccc2c1C(=O)c1c(O)c3c(c(O)c1C2=O)C[C@](O)(/C(CO)=N/NC(=O)CCC(=O)O[C@H](C(=O)OC1C[C@]2(O)[C@@H](OC(=O)c4ccccc4)[C@H]4[C@@](C)(C(=O)[C@@H](OC(C)=O)C(=C1C)C2(C)C)[C@H](O)C[C@@]1(C)OC[C@@]41OC(C)=O)[C@@H](NC(=O)c1ccccc1)c1ccccc1)C[C@H]3O[C@@H]1C[C@H](N)[C@H](O)[C@H](C)O1. The van der Waals surface area contributed by atoms with Crippen LogP contribution in [0.25, 0.3) is 0 Å². The molecule has 0 radical (unpaired) electrons. The van der Waals surface area contributed by atoms with Crippen molar-refractivity contribution in [2.24, 2.45) is 27.6 Å². The second-order valence-corrected chi connectivity index (χ2v) is 29.8. The first kappa shape index (κ1) is 78.4. The lowest BCUT2D eigenvalue weighted by atomic mass is 9.42. The number of carbonyl (C=O) groups is 10. The van der Waals surface area contributed by atoms with Gasteiger partial charge in [0.15, 0.2) is 29.6 Å². The minimum absolute atomic E-state index is 0.0116. The van der Waals surface area contributed by atoms with Gasteiger partial charge in [0, 0.05) is 86.1 Å². The lowest BCUT2D eigenvalue weighted by Crippen LogP contribution is -2.85. The summed E-state index contributed by atoms with van der Waals surface area (Å²) in [7, 11) is 1.27. The molecule has 1 unspecified atom stereocenters. The van der Waals surface area contributed by atoms with Crippen LogP contribution in [0.5, 0.6) is 17.2 Å². The summed E-state index contributed by atoms with van der Waals surface area (Å²) in [5.74, 6) is -13.8. The minimum atomic E-state index is -2.65. The summed E-state index contributed by atoms with van der Waals surface area (Å²) >= 11 is 0. The number of benzene rings is 5. The van der Waals surface area contributed by atoms with Gasteiger partial charge in [0.05, 0.1) is 90.5 Å². The van der Waals surface area contributed by atoms with E-state index in [-0.39, 0.29) is 68.7 Å². The van der Waals surface area contributed by atoms with Crippen molar-refractivity contribution in [3.8, 4) is 17.2 Å². The summed E-state index contributed by atoms with van der Waals surface area (Å²) in [4.78, 5) is 146. The molecule has 4 fully saturated rings. The van der Waals surface area contributed by atoms with Gasteiger partial charge in [0.1, 0.15) is 52.3 Å². The predicted octanol–water partition coefficient (Wildman–Crippen LogP) is 4.37. The van der Waals surface area contributed by atoms with Crippen LogP contribution in [-0.2, 0) is 73.1 Å². The standard InChI is InChI=1S/C79H86N4O26/c1-37-48(33-78(100)70(108-72(97)43-24-17-12-18-25-43)68-76(8,69(95)66(104-39(3)85)59(37)74(78,5)6)51(87)34-75(7)79(68,36-102-75)109-40(4)86)106-73(98)67(60(41-20-13-10-14-21-41)81-71(96)42-22-15-11-16-23-42)107-53(89)29-28-52(88)83-82-50(35-84)77(99)31-45-56(49(32-77)105-54-30-46(80)61(90)38(2)103-54)65(94)58-57(63(45)92)62(91)44-26-19-27-47(101-9)55(44)64(58)93/h10-27,38,46,48-49,51,54,60-61,66-68,70,84,87,90,92,94,99-100H,28-36,80H2,1-9H3,(H,81,96)(H,83,88)/b82-50+/t38-,46-,48?,49+,51+,54+,60-,61+,66-,67-,68-,70-,75+,76-,77+,78-,79+/m0/s1. The number of rotatable bonds is 20. The first-order chi connectivity index (χ1) is 51.5. The molecule has 2 saturated heterocycles. The van der Waals surface area contributed by atoms with Crippen LogP contribution < -0.4 is 21.2 Å². The molecule has 5 aromatic rings. The molecule has 12 rings (SSSR count). The highest BCUT2D eigenvalue weighted by molar-refractivity contribution is 6.31. The Morgan fingerprint density at radius 1 is 0.752 bits per heavy atom. The van der Waals surface area contributed by atoms with E-state index >= 15 is 9.59 Å². The Hall–Kier alpha value is -10.2. The van der Waals surface area contributed by atoms with Crippen molar-refractivity contribution in [1.29, 1.82) is 0 Å². The number of phenols is 2. The molecule has 2 heterocycles. The lowest BCUT2D eigenvalue weighted by Gasteiger charge is -2.70. The van der Waals surface area contributed by atoms with Crippen molar-refractivity contribution in [2.45, 2.75) is 190 Å². The van der Waals surface area contributed by atoms with E-state index in [9.17, 15) is 74.1 Å². The van der Waals surface area contributed by atoms with E-state index in [1.165, 1.54) is 103 Å². The maximum Gasteiger partial charge on any atom is 0.350 e. The fourth-order valence-electron chi connectivity index (χ4n) is 17.1. The predicted molar refractivity (Wildman–Crippen MR) is 378 cm³/mol. The summed E-state index contributed by atoms with van der Waals surface area (Å²) in [6, 6.07) is 24.5. The molecule has 2 saturated carbocycles. The number of ketones is 3. The normalized spacial score (nSPS) is 30.6. The third-order valence-electron chi connectivity index (χ3n) is 23.0. The number of ether oxygens (including phenoxy) is 9. The van der Waals surface area contributed by atoms with Gasteiger partial charge in [-0.1, -0.05) is 92.7 Å². The molecule has 30 nitrogen and oxygen atoms in total. The molecule has 2 aliphatic heterocycles. The van der Waals surface area contributed by atoms with Gasteiger partial charge in [-0.05, 0) is 74.7 Å². The van der Waals surface area contributed by atoms with Crippen molar-refractivity contribution in [2.75, 3.05) is 20.3 Å². The van der Waals surface area contributed by atoms with Gasteiger partial charge in [-0.3, -0.25) is 38.4 Å². The topological polar surface area (TPSA) is 458 Å². The maximum absolute atomic E-state index is 16.1. The van der Waals surface area contributed by atoms with Gasteiger partial charge in [-0.25, -0.2) is 15.0 Å². The van der Waals surface area contributed by atoms with E-state index in [2.05, 4.69) is 15.8 Å². The van der Waals surface area contributed by atoms with Crippen LogP contribution in [0.3, 0.4) is 0 Å². The molecule has 11 N–H and O–H groups in total. The van der Waals surface area contributed by atoms with Crippen LogP contribution in [0.15, 0.2) is 125 Å². The second-order valence-electron chi connectivity index (χ2n) is 29.8. The smallest absolute Gasteiger partial charge is 0.350 e. The maximum atomic E-state index is 16.1. The van der Waals surface area contributed by atoms with E-state index in [1.54, 1.807) is 54.6 Å². The van der Waals surface area contributed by atoms with E-state index in [0.717, 1.165) is 13.8 Å². The summed E-state index contributed by atoms with van der Waals surface area (Å²) < 4.78 is 55.2. The fraction of sp³-hybridized carbons (Fsp3) is 0.456. The summed E-state index contributed by atoms with van der Waals surface area (Å²) in [5, 5.41) is 92.5. The number of hydrogen-bond donors (Lipinski definition) is 10. The Kier molecular flexibility index (Phi) is 21.4. The van der Waals surface area contributed by atoms with E-state index in [0.29, 0.717) is 0 Å².